The smallest absolute Gasteiger partial charge is 0.338 e. The number of anilines is 1. The van der Waals surface area contributed by atoms with E-state index in [0.717, 1.165) is 5.56 Å². The standard InChI is InChI=1S/C21H22N2O5S/c1-3-11-22-20(24)14-28-21(25)17-8-6-9-18(13-17)29(26,27)23-15(2)12-16-7-4-5-10-19(16)23/h3-10,13,15H,1,11-12,14H2,2H3,(H,22,24)/t15-/m0/s1. The molecule has 1 aliphatic rings. The maximum atomic E-state index is 13.3. The molecule has 0 bridgehead atoms. The summed E-state index contributed by atoms with van der Waals surface area (Å²) in [6, 6.07) is 12.8. The van der Waals surface area contributed by atoms with Crippen molar-refractivity contribution in [3.05, 3.63) is 72.3 Å². The lowest BCUT2D eigenvalue weighted by molar-refractivity contribution is -0.124. The third-order valence-electron chi connectivity index (χ3n) is 4.55. The van der Waals surface area contributed by atoms with E-state index in [4.69, 9.17) is 4.74 Å². The SMILES string of the molecule is C=CCNC(=O)COC(=O)c1cccc(S(=O)(=O)N2c3ccccc3C[C@@H]2C)c1. The number of sulfonamides is 1. The number of esters is 1. The minimum atomic E-state index is -3.87. The Kier molecular flexibility index (Phi) is 6.03. The lowest BCUT2D eigenvalue weighted by Crippen LogP contribution is -2.35. The fourth-order valence-electron chi connectivity index (χ4n) is 3.25. The van der Waals surface area contributed by atoms with Crippen molar-refractivity contribution in [2.75, 3.05) is 17.5 Å². The molecule has 1 amide bonds. The number of amides is 1. The van der Waals surface area contributed by atoms with E-state index in [1.54, 1.807) is 12.1 Å². The van der Waals surface area contributed by atoms with E-state index in [2.05, 4.69) is 11.9 Å². The largest absolute Gasteiger partial charge is 0.452 e. The molecule has 0 saturated carbocycles. The molecule has 1 N–H and O–H groups in total. The molecule has 0 spiro atoms. The van der Waals surface area contributed by atoms with Gasteiger partial charge in [-0.15, -0.1) is 6.58 Å². The Bertz CT molecular complexity index is 1050. The summed E-state index contributed by atoms with van der Waals surface area (Å²) in [5.41, 5.74) is 1.67. The third-order valence-corrected chi connectivity index (χ3v) is 6.47. The van der Waals surface area contributed by atoms with Crippen molar-refractivity contribution in [2.45, 2.75) is 24.3 Å². The van der Waals surface area contributed by atoms with Crippen molar-refractivity contribution in [1.29, 1.82) is 0 Å². The van der Waals surface area contributed by atoms with Crippen LogP contribution in [-0.2, 0) is 26.0 Å². The van der Waals surface area contributed by atoms with Gasteiger partial charge in [0.15, 0.2) is 6.61 Å². The fraction of sp³-hybridized carbons (Fsp3) is 0.238. The average Bonchev–Trinajstić information content (AvgIpc) is 3.06. The maximum Gasteiger partial charge on any atom is 0.338 e. The van der Waals surface area contributed by atoms with Gasteiger partial charge in [0.2, 0.25) is 0 Å². The number of nitrogens with one attached hydrogen (secondary N) is 1. The zero-order valence-electron chi connectivity index (χ0n) is 16.0. The summed E-state index contributed by atoms with van der Waals surface area (Å²) < 4.78 is 32.9. The van der Waals surface area contributed by atoms with Crippen LogP contribution in [0.15, 0.2) is 66.1 Å². The molecule has 0 fully saturated rings. The van der Waals surface area contributed by atoms with E-state index in [0.29, 0.717) is 12.1 Å². The highest BCUT2D eigenvalue weighted by Gasteiger charge is 2.36. The van der Waals surface area contributed by atoms with Crippen LogP contribution in [0.3, 0.4) is 0 Å². The van der Waals surface area contributed by atoms with E-state index in [-0.39, 0.29) is 23.0 Å². The third kappa shape index (κ3) is 4.32. The van der Waals surface area contributed by atoms with E-state index >= 15 is 0 Å². The molecular formula is C21H22N2O5S. The zero-order chi connectivity index (χ0) is 21.0. The number of fused-ring (bicyclic) bond motifs is 1. The van der Waals surface area contributed by atoms with Crippen molar-refractivity contribution in [1.82, 2.24) is 5.32 Å². The maximum absolute atomic E-state index is 13.3. The van der Waals surface area contributed by atoms with Crippen LogP contribution in [0, 0.1) is 0 Å². The number of ether oxygens (including phenoxy) is 1. The number of nitrogens with zero attached hydrogens (tertiary/aromatic N) is 1. The quantitative estimate of drug-likeness (QED) is 0.554. The Morgan fingerprint density at radius 2 is 2.00 bits per heavy atom. The van der Waals surface area contributed by atoms with Gasteiger partial charge in [0.1, 0.15) is 0 Å². The van der Waals surface area contributed by atoms with Gasteiger partial charge in [-0.05, 0) is 43.2 Å². The van der Waals surface area contributed by atoms with Gasteiger partial charge in [0.25, 0.3) is 15.9 Å². The molecule has 3 rings (SSSR count). The average molecular weight is 414 g/mol. The first kappa shape index (κ1) is 20.6. The van der Waals surface area contributed by atoms with Crippen LogP contribution in [0.4, 0.5) is 5.69 Å². The second-order valence-corrected chi connectivity index (χ2v) is 8.49. The molecule has 2 aromatic rings. The van der Waals surface area contributed by atoms with Crippen LogP contribution in [0.5, 0.6) is 0 Å². The molecule has 152 valence electrons. The predicted molar refractivity (Wildman–Crippen MR) is 109 cm³/mol. The number of benzene rings is 2. The second kappa shape index (κ2) is 8.48. The number of rotatable bonds is 7. The Morgan fingerprint density at radius 3 is 2.76 bits per heavy atom. The topological polar surface area (TPSA) is 92.8 Å². The molecule has 0 aliphatic carbocycles. The Balaban J connectivity index is 1.81. The minimum absolute atomic E-state index is 0.00777. The molecule has 8 heteroatoms. The number of para-hydroxylation sites is 1. The van der Waals surface area contributed by atoms with Crippen LogP contribution in [0.2, 0.25) is 0 Å². The Hall–Kier alpha value is -3.13. The number of hydrogen-bond donors (Lipinski definition) is 1. The highest BCUT2D eigenvalue weighted by Crippen LogP contribution is 2.36. The van der Waals surface area contributed by atoms with E-state index in [1.807, 2.05) is 19.1 Å². The van der Waals surface area contributed by atoms with E-state index in [9.17, 15) is 18.0 Å². The molecule has 1 heterocycles. The second-order valence-electron chi connectivity index (χ2n) is 6.68. The minimum Gasteiger partial charge on any atom is -0.452 e. The molecule has 7 nitrogen and oxygen atoms in total. The first-order valence-electron chi connectivity index (χ1n) is 9.11. The molecular weight excluding hydrogens is 392 g/mol. The van der Waals surface area contributed by atoms with Crippen LogP contribution in [0.25, 0.3) is 0 Å². The van der Waals surface area contributed by atoms with E-state index in [1.165, 1.54) is 34.6 Å². The van der Waals surface area contributed by atoms with Gasteiger partial charge in [0, 0.05) is 12.6 Å². The molecule has 2 aromatic carbocycles. The normalized spacial score (nSPS) is 15.5. The van der Waals surface area contributed by atoms with Gasteiger partial charge in [-0.1, -0.05) is 30.3 Å². The summed E-state index contributed by atoms with van der Waals surface area (Å²) in [6.07, 6.45) is 2.13. The Morgan fingerprint density at radius 1 is 1.24 bits per heavy atom. The van der Waals surface area contributed by atoms with Crippen molar-refractivity contribution < 1.29 is 22.7 Å². The molecule has 0 aromatic heterocycles. The first-order valence-corrected chi connectivity index (χ1v) is 10.6. The van der Waals surface area contributed by atoms with Crippen LogP contribution < -0.4 is 9.62 Å². The van der Waals surface area contributed by atoms with Gasteiger partial charge in [-0.3, -0.25) is 9.10 Å². The first-order chi connectivity index (χ1) is 13.8. The Labute approximate surface area is 170 Å². The molecule has 0 unspecified atom stereocenters. The summed E-state index contributed by atoms with van der Waals surface area (Å²) in [6.45, 7) is 5.13. The highest BCUT2D eigenvalue weighted by atomic mass is 32.2. The highest BCUT2D eigenvalue weighted by molar-refractivity contribution is 7.92. The summed E-state index contributed by atoms with van der Waals surface area (Å²) in [7, 11) is -3.87. The van der Waals surface area contributed by atoms with Crippen LogP contribution >= 0.6 is 0 Å². The van der Waals surface area contributed by atoms with Gasteiger partial charge in [0.05, 0.1) is 16.1 Å². The fourth-order valence-corrected chi connectivity index (χ4v) is 4.99. The monoisotopic (exact) mass is 414 g/mol. The number of carbonyl (C=O) groups is 2. The van der Waals surface area contributed by atoms with E-state index < -0.39 is 28.5 Å². The summed E-state index contributed by atoms with van der Waals surface area (Å²) in [4.78, 5) is 23.8. The molecule has 1 aliphatic heterocycles. The van der Waals surface area contributed by atoms with Crippen molar-refractivity contribution >= 4 is 27.6 Å². The van der Waals surface area contributed by atoms with Gasteiger partial charge >= 0.3 is 5.97 Å². The summed E-state index contributed by atoms with van der Waals surface area (Å²) in [5.74, 6) is -1.24. The molecule has 29 heavy (non-hydrogen) atoms. The number of hydrogen-bond acceptors (Lipinski definition) is 5. The lowest BCUT2D eigenvalue weighted by Gasteiger charge is -2.24. The van der Waals surface area contributed by atoms with Crippen molar-refractivity contribution in [3.8, 4) is 0 Å². The van der Waals surface area contributed by atoms with Crippen LogP contribution in [-0.4, -0.2) is 39.5 Å². The van der Waals surface area contributed by atoms with Gasteiger partial charge in [-0.2, -0.15) is 0 Å². The molecule has 0 saturated heterocycles. The molecule has 0 radical (unpaired) electrons. The zero-order valence-corrected chi connectivity index (χ0v) is 16.8. The number of carbonyl (C=O) groups excluding carboxylic acids is 2. The van der Waals surface area contributed by atoms with Gasteiger partial charge in [-0.25, -0.2) is 13.2 Å². The lowest BCUT2D eigenvalue weighted by atomic mass is 10.1. The van der Waals surface area contributed by atoms with Crippen LogP contribution in [0.1, 0.15) is 22.8 Å². The van der Waals surface area contributed by atoms with Crippen molar-refractivity contribution in [2.24, 2.45) is 0 Å². The predicted octanol–water partition coefficient (Wildman–Crippen LogP) is 2.29. The summed E-state index contributed by atoms with van der Waals surface area (Å²) >= 11 is 0. The molecule has 1 atom stereocenters. The van der Waals surface area contributed by atoms with Crippen molar-refractivity contribution in [3.63, 3.8) is 0 Å². The summed E-state index contributed by atoms with van der Waals surface area (Å²) in [5, 5.41) is 2.49. The van der Waals surface area contributed by atoms with Gasteiger partial charge < -0.3 is 10.1 Å².